The molecular weight excluding hydrogens is 238 g/mol. The van der Waals surface area contributed by atoms with Crippen molar-refractivity contribution in [3.8, 4) is 0 Å². The van der Waals surface area contributed by atoms with Crippen LogP contribution in [0.15, 0.2) is 18.2 Å². The lowest BCUT2D eigenvalue weighted by atomic mass is 9.80. The summed E-state index contributed by atoms with van der Waals surface area (Å²) in [6, 6.07) is 6.60. The van der Waals surface area contributed by atoms with Gasteiger partial charge in [0.25, 0.3) is 0 Å². The van der Waals surface area contributed by atoms with Gasteiger partial charge in [0, 0.05) is 37.9 Å². The molecule has 1 fully saturated rings. The zero-order valence-corrected chi connectivity index (χ0v) is 12.3. The number of anilines is 1. The monoisotopic (exact) mass is 263 g/mol. The third-order valence-corrected chi connectivity index (χ3v) is 4.11. The molecule has 0 unspecified atom stereocenters. The van der Waals surface area contributed by atoms with Gasteiger partial charge in [-0.15, -0.1) is 0 Å². The number of ether oxygens (including phenoxy) is 1. The van der Waals surface area contributed by atoms with Gasteiger partial charge in [-0.1, -0.05) is 6.07 Å². The Labute approximate surface area is 116 Å². The molecule has 0 spiro atoms. The maximum atomic E-state index is 9.76. The molecule has 0 radical (unpaired) electrons. The Hall–Kier alpha value is -1.06. The molecule has 1 aliphatic rings. The summed E-state index contributed by atoms with van der Waals surface area (Å²) in [5, 5.41) is 9.76. The summed E-state index contributed by atoms with van der Waals surface area (Å²) in [7, 11) is 2.11. The molecule has 1 heterocycles. The van der Waals surface area contributed by atoms with Crippen LogP contribution in [0.4, 0.5) is 5.69 Å². The van der Waals surface area contributed by atoms with E-state index in [-0.39, 0.29) is 12.0 Å². The number of rotatable bonds is 4. The van der Waals surface area contributed by atoms with Crippen molar-refractivity contribution in [1.29, 1.82) is 0 Å². The molecule has 2 rings (SSSR count). The van der Waals surface area contributed by atoms with Crippen molar-refractivity contribution in [3.63, 3.8) is 0 Å². The van der Waals surface area contributed by atoms with Crippen LogP contribution >= 0.6 is 0 Å². The Morgan fingerprint density at radius 3 is 2.26 bits per heavy atom. The summed E-state index contributed by atoms with van der Waals surface area (Å²) in [4.78, 5) is 2.27. The fraction of sp³-hybridized carbons (Fsp3) is 0.625. The van der Waals surface area contributed by atoms with E-state index in [9.17, 15) is 5.11 Å². The van der Waals surface area contributed by atoms with Crippen molar-refractivity contribution >= 4 is 5.69 Å². The quantitative estimate of drug-likeness (QED) is 0.906. The SMILES string of the molecule is Cc1cc(C)cc(N(C)CC2(CO)CCOCC2)c1. The van der Waals surface area contributed by atoms with E-state index in [0.717, 1.165) is 32.6 Å². The van der Waals surface area contributed by atoms with Gasteiger partial charge in [0.1, 0.15) is 0 Å². The fourth-order valence-electron chi connectivity index (χ4n) is 2.94. The van der Waals surface area contributed by atoms with Gasteiger partial charge < -0.3 is 14.7 Å². The minimum absolute atomic E-state index is 0.00927. The highest BCUT2D eigenvalue weighted by molar-refractivity contribution is 5.50. The summed E-state index contributed by atoms with van der Waals surface area (Å²) >= 11 is 0. The highest BCUT2D eigenvalue weighted by atomic mass is 16.5. The Morgan fingerprint density at radius 1 is 1.16 bits per heavy atom. The van der Waals surface area contributed by atoms with Gasteiger partial charge in [0.05, 0.1) is 6.61 Å². The molecule has 0 aliphatic carbocycles. The molecule has 0 aromatic heterocycles. The molecule has 19 heavy (non-hydrogen) atoms. The lowest BCUT2D eigenvalue weighted by molar-refractivity contribution is -0.0113. The number of aliphatic hydroxyl groups is 1. The molecule has 106 valence electrons. The van der Waals surface area contributed by atoms with Gasteiger partial charge in [-0.25, -0.2) is 0 Å². The topological polar surface area (TPSA) is 32.7 Å². The molecule has 0 atom stereocenters. The Balaban J connectivity index is 2.12. The third kappa shape index (κ3) is 3.48. The molecule has 1 aromatic carbocycles. The van der Waals surface area contributed by atoms with Gasteiger partial charge >= 0.3 is 0 Å². The predicted octanol–water partition coefficient (Wildman–Crippen LogP) is 2.53. The van der Waals surface area contributed by atoms with Crippen LogP contribution in [-0.2, 0) is 4.74 Å². The Morgan fingerprint density at radius 2 is 1.74 bits per heavy atom. The highest BCUT2D eigenvalue weighted by Crippen LogP contribution is 2.32. The van der Waals surface area contributed by atoms with E-state index in [1.54, 1.807) is 0 Å². The van der Waals surface area contributed by atoms with Crippen LogP contribution in [0.5, 0.6) is 0 Å². The van der Waals surface area contributed by atoms with Crippen LogP contribution in [-0.4, -0.2) is 38.5 Å². The number of aryl methyl sites for hydroxylation is 2. The van der Waals surface area contributed by atoms with Crippen molar-refractivity contribution in [2.75, 3.05) is 38.3 Å². The van der Waals surface area contributed by atoms with E-state index in [4.69, 9.17) is 4.74 Å². The van der Waals surface area contributed by atoms with Crippen LogP contribution < -0.4 is 4.90 Å². The number of benzene rings is 1. The number of aliphatic hydroxyl groups excluding tert-OH is 1. The number of nitrogens with zero attached hydrogens (tertiary/aromatic N) is 1. The minimum atomic E-state index is -0.00927. The van der Waals surface area contributed by atoms with E-state index in [2.05, 4.69) is 44.0 Å². The molecule has 0 bridgehead atoms. The Kier molecular flexibility index (Phi) is 4.48. The standard InChI is InChI=1S/C16H25NO2/c1-13-8-14(2)10-15(9-13)17(3)11-16(12-18)4-6-19-7-5-16/h8-10,18H,4-7,11-12H2,1-3H3. The maximum absolute atomic E-state index is 9.76. The number of hydrogen-bond donors (Lipinski definition) is 1. The van der Waals surface area contributed by atoms with Crippen molar-refractivity contribution in [2.45, 2.75) is 26.7 Å². The van der Waals surface area contributed by atoms with Gasteiger partial charge in [0.2, 0.25) is 0 Å². The van der Waals surface area contributed by atoms with Crippen LogP contribution in [0.3, 0.4) is 0 Å². The van der Waals surface area contributed by atoms with Crippen molar-refractivity contribution in [2.24, 2.45) is 5.41 Å². The highest BCUT2D eigenvalue weighted by Gasteiger charge is 2.33. The van der Waals surface area contributed by atoms with Gasteiger partial charge in [-0.3, -0.25) is 0 Å². The first kappa shape index (κ1) is 14.4. The molecular formula is C16H25NO2. The van der Waals surface area contributed by atoms with E-state index in [1.807, 2.05) is 0 Å². The first-order valence-corrected chi connectivity index (χ1v) is 7.03. The average Bonchev–Trinajstić information content (AvgIpc) is 2.38. The lowest BCUT2D eigenvalue weighted by Crippen LogP contribution is -2.42. The zero-order valence-electron chi connectivity index (χ0n) is 12.3. The first-order valence-electron chi connectivity index (χ1n) is 7.03. The second-order valence-electron chi connectivity index (χ2n) is 5.97. The van der Waals surface area contributed by atoms with E-state index < -0.39 is 0 Å². The minimum Gasteiger partial charge on any atom is -0.396 e. The van der Waals surface area contributed by atoms with Gasteiger partial charge in [-0.05, 0) is 49.9 Å². The van der Waals surface area contributed by atoms with Crippen molar-refractivity contribution < 1.29 is 9.84 Å². The average molecular weight is 263 g/mol. The predicted molar refractivity (Wildman–Crippen MR) is 78.8 cm³/mol. The summed E-state index contributed by atoms with van der Waals surface area (Å²) in [6.07, 6.45) is 1.89. The zero-order chi connectivity index (χ0) is 13.9. The molecule has 1 N–H and O–H groups in total. The molecule has 1 aromatic rings. The molecule has 1 aliphatic heterocycles. The lowest BCUT2D eigenvalue weighted by Gasteiger charge is -2.39. The van der Waals surface area contributed by atoms with E-state index in [1.165, 1.54) is 16.8 Å². The van der Waals surface area contributed by atoms with Crippen LogP contribution in [0.25, 0.3) is 0 Å². The second kappa shape index (κ2) is 5.93. The van der Waals surface area contributed by atoms with Gasteiger partial charge in [0.15, 0.2) is 0 Å². The summed E-state index contributed by atoms with van der Waals surface area (Å²) in [5.74, 6) is 0. The summed E-state index contributed by atoms with van der Waals surface area (Å²) in [5.41, 5.74) is 3.79. The molecule has 0 saturated carbocycles. The van der Waals surface area contributed by atoms with Crippen molar-refractivity contribution in [3.05, 3.63) is 29.3 Å². The van der Waals surface area contributed by atoms with Crippen LogP contribution in [0.2, 0.25) is 0 Å². The molecule has 1 saturated heterocycles. The second-order valence-corrected chi connectivity index (χ2v) is 5.97. The molecule has 3 nitrogen and oxygen atoms in total. The van der Waals surface area contributed by atoms with E-state index >= 15 is 0 Å². The maximum Gasteiger partial charge on any atom is 0.0506 e. The van der Waals surface area contributed by atoms with Crippen LogP contribution in [0.1, 0.15) is 24.0 Å². The third-order valence-electron chi connectivity index (χ3n) is 4.11. The first-order chi connectivity index (χ1) is 9.04. The van der Waals surface area contributed by atoms with Crippen molar-refractivity contribution in [1.82, 2.24) is 0 Å². The summed E-state index contributed by atoms with van der Waals surface area (Å²) in [6.45, 7) is 6.91. The number of hydrogen-bond acceptors (Lipinski definition) is 3. The Bertz CT molecular complexity index is 405. The van der Waals surface area contributed by atoms with Gasteiger partial charge in [-0.2, -0.15) is 0 Å². The summed E-state index contributed by atoms with van der Waals surface area (Å²) < 4.78 is 5.42. The van der Waals surface area contributed by atoms with Crippen LogP contribution in [0, 0.1) is 19.3 Å². The van der Waals surface area contributed by atoms with E-state index in [0.29, 0.717) is 0 Å². The largest absolute Gasteiger partial charge is 0.396 e. The molecule has 3 heteroatoms. The normalized spacial score (nSPS) is 18.3. The smallest absolute Gasteiger partial charge is 0.0506 e. The molecule has 0 amide bonds. The fourth-order valence-corrected chi connectivity index (χ4v) is 2.94.